The van der Waals surface area contributed by atoms with Crippen molar-refractivity contribution in [2.45, 2.75) is 12.8 Å². The Kier molecular flexibility index (Phi) is 7.00. The van der Waals surface area contributed by atoms with E-state index in [1.165, 1.54) is 0 Å². The van der Waals surface area contributed by atoms with E-state index in [0.29, 0.717) is 32.2 Å². The lowest BCUT2D eigenvalue weighted by Gasteiger charge is -2.34. The van der Waals surface area contributed by atoms with Gasteiger partial charge >= 0.3 is 6.03 Å². The van der Waals surface area contributed by atoms with Crippen molar-refractivity contribution in [3.63, 3.8) is 0 Å². The van der Waals surface area contributed by atoms with Crippen molar-refractivity contribution < 1.29 is 9.53 Å². The Labute approximate surface area is 200 Å². The Morgan fingerprint density at radius 3 is 2.15 bits per heavy atom. The number of hydrogen-bond donors (Lipinski definition) is 1. The number of nitrogens with zero attached hydrogens (tertiary/aromatic N) is 4. The van der Waals surface area contributed by atoms with Crippen molar-refractivity contribution in [1.29, 1.82) is 0 Å². The number of amides is 2. The zero-order chi connectivity index (χ0) is 23.2. The minimum Gasteiger partial charge on any atom is -0.378 e. The van der Waals surface area contributed by atoms with E-state index in [9.17, 15) is 4.79 Å². The third-order valence-electron chi connectivity index (χ3n) is 6.63. The molecule has 0 saturated carbocycles. The molecule has 5 rings (SSSR count). The van der Waals surface area contributed by atoms with Gasteiger partial charge in [-0.15, -0.1) is 0 Å². The molecule has 3 aromatic rings. The Morgan fingerprint density at radius 1 is 0.882 bits per heavy atom. The van der Waals surface area contributed by atoms with Gasteiger partial charge in [0.2, 0.25) is 0 Å². The minimum atomic E-state index is 0.0283. The molecule has 1 N–H and O–H groups in total. The standard InChI is InChI=1S/C27H31N5O2/c33-27(32-15-17-34-18-16-32)29-19-21-11-13-31(14-12-21)24-20-28-25(22-7-3-1-4-8-22)26(30-24)23-9-5-2-6-10-23/h1-10,20-21H,11-19H2,(H,29,33). The van der Waals surface area contributed by atoms with E-state index in [0.717, 1.165) is 60.8 Å². The topological polar surface area (TPSA) is 70.6 Å². The maximum Gasteiger partial charge on any atom is 0.317 e. The number of piperidine rings is 1. The van der Waals surface area contributed by atoms with Crippen LogP contribution in [-0.2, 0) is 4.74 Å². The molecule has 176 valence electrons. The number of rotatable bonds is 5. The van der Waals surface area contributed by atoms with Crippen molar-refractivity contribution in [2.24, 2.45) is 5.92 Å². The van der Waals surface area contributed by atoms with Gasteiger partial charge in [0, 0.05) is 43.9 Å². The molecule has 2 amide bonds. The van der Waals surface area contributed by atoms with Crippen LogP contribution in [0.2, 0.25) is 0 Å². The second-order valence-corrected chi connectivity index (χ2v) is 8.87. The zero-order valence-corrected chi connectivity index (χ0v) is 19.4. The summed E-state index contributed by atoms with van der Waals surface area (Å²) in [5.41, 5.74) is 3.94. The SMILES string of the molecule is O=C(NCC1CCN(c2cnc(-c3ccccc3)c(-c3ccccc3)n2)CC1)N1CCOCC1. The van der Waals surface area contributed by atoms with Gasteiger partial charge in [-0.1, -0.05) is 60.7 Å². The highest BCUT2D eigenvalue weighted by Crippen LogP contribution is 2.31. The number of morpholine rings is 1. The molecular weight excluding hydrogens is 426 g/mol. The molecule has 2 aliphatic rings. The summed E-state index contributed by atoms with van der Waals surface area (Å²) in [4.78, 5) is 26.5. The quantitative estimate of drug-likeness (QED) is 0.626. The number of carbonyl (C=O) groups excluding carboxylic acids is 1. The second kappa shape index (κ2) is 10.7. The van der Waals surface area contributed by atoms with Crippen molar-refractivity contribution in [3.8, 4) is 22.5 Å². The lowest BCUT2D eigenvalue weighted by molar-refractivity contribution is 0.0529. The number of carbonyl (C=O) groups is 1. The first-order valence-corrected chi connectivity index (χ1v) is 12.1. The predicted molar refractivity (Wildman–Crippen MR) is 134 cm³/mol. The molecule has 1 aromatic heterocycles. The summed E-state index contributed by atoms with van der Waals surface area (Å²) in [6, 6.07) is 20.5. The van der Waals surface area contributed by atoms with Crippen LogP contribution >= 0.6 is 0 Å². The van der Waals surface area contributed by atoms with Gasteiger partial charge in [-0.2, -0.15) is 0 Å². The Hall–Kier alpha value is -3.45. The van der Waals surface area contributed by atoms with Gasteiger partial charge in [-0.05, 0) is 18.8 Å². The highest BCUT2D eigenvalue weighted by Gasteiger charge is 2.23. The molecule has 2 fully saturated rings. The summed E-state index contributed by atoms with van der Waals surface area (Å²) in [7, 11) is 0. The first-order chi connectivity index (χ1) is 16.8. The summed E-state index contributed by atoms with van der Waals surface area (Å²) >= 11 is 0. The van der Waals surface area contributed by atoms with Crippen LogP contribution in [0.15, 0.2) is 66.9 Å². The minimum absolute atomic E-state index is 0.0283. The van der Waals surface area contributed by atoms with Crippen LogP contribution in [0.3, 0.4) is 0 Å². The zero-order valence-electron chi connectivity index (χ0n) is 19.4. The first-order valence-electron chi connectivity index (χ1n) is 12.1. The number of nitrogens with one attached hydrogen (secondary N) is 1. The lowest BCUT2D eigenvalue weighted by Crippen LogP contribution is -2.48. The Balaban J connectivity index is 1.25. The smallest absolute Gasteiger partial charge is 0.317 e. The number of benzene rings is 2. The highest BCUT2D eigenvalue weighted by atomic mass is 16.5. The summed E-state index contributed by atoms with van der Waals surface area (Å²) in [5, 5.41) is 3.12. The molecule has 0 bridgehead atoms. The molecule has 34 heavy (non-hydrogen) atoms. The predicted octanol–water partition coefficient (Wildman–Crippen LogP) is 4.07. The third kappa shape index (κ3) is 5.20. The third-order valence-corrected chi connectivity index (χ3v) is 6.63. The molecule has 2 aromatic carbocycles. The van der Waals surface area contributed by atoms with E-state index in [4.69, 9.17) is 14.7 Å². The fourth-order valence-corrected chi connectivity index (χ4v) is 4.61. The van der Waals surface area contributed by atoms with Crippen LogP contribution in [0.1, 0.15) is 12.8 Å². The highest BCUT2D eigenvalue weighted by molar-refractivity contribution is 5.78. The van der Waals surface area contributed by atoms with Crippen molar-refractivity contribution in [2.75, 3.05) is 50.8 Å². The largest absolute Gasteiger partial charge is 0.378 e. The molecule has 0 radical (unpaired) electrons. The fourth-order valence-electron chi connectivity index (χ4n) is 4.61. The van der Waals surface area contributed by atoms with E-state index in [1.807, 2.05) is 47.5 Å². The van der Waals surface area contributed by atoms with Crippen LogP contribution in [0.25, 0.3) is 22.5 Å². The van der Waals surface area contributed by atoms with Gasteiger partial charge in [-0.3, -0.25) is 4.98 Å². The van der Waals surface area contributed by atoms with Gasteiger partial charge in [0.15, 0.2) is 0 Å². The van der Waals surface area contributed by atoms with Crippen LogP contribution < -0.4 is 10.2 Å². The molecule has 0 atom stereocenters. The molecular formula is C27H31N5O2. The molecule has 2 saturated heterocycles. The van der Waals surface area contributed by atoms with Gasteiger partial charge in [0.05, 0.1) is 30.8 Å². The van der Waals surface area contributed by atoms with Crippen LogP contribution in [0.4, 0.5) is 10.6 Å². The van der Waals surface area contributed by atoms with Crippen molar-refractivity contribution >= 4 is 11.8 Å². The van der Waals surface area contributed by atoms with Crippen molar-refractivity contribution in [1.82, 2.24) is 20.2 Å². The van der Waals surface area contributed by atoms with Gasteiger partial charge < -0.3 is 19.9 Å². The number of ether oxygens (including phenoxy) is 1. The Bertz CT molecular complexity index is 1080. The van der Waals surface area contributed by atoms with E-state index in [1.54, 1.807) is 0 Å². The van der Waals surface area contributed by atoms with E-state index < -0.39 is 0 Å². The maximum absolute atomic E-state index is 12.4. The fraction of sp³-hybridized carbons (Fsp3) is 0.370. The summed E-state index contributed by atoms with van der Waals surface area (Å²) in [6.45, 7) is 5.13. The van der Waals surface area contributed by atoms with E-state index in [2.05, 4.69) is 34.5 Å². The average molecular weight is 458 g/mol. The summed E-state index contributed by atoms with van der Waals surface area (Å²) < 4.78 is 5.33. The van der Waals surface area contributed by atoms with Crippen LogP contribution in [0.5, 0.6) is 0 Å². The monoisotopic (exact) mass is 457 g/mol. The van der Waals surface area contributed by atoms with Crippen LogP contribution in [-0.4, -0.2) is 66.8 Å². The second-order valence-electron chi connectivity index (χ2n) is 8.87. The lowest BCUT2D eigenvalue weighted by atomic mass is 9.97. The number of anilines is 1. The number of hydrogen-bond acceptors (Lipinski definition) is 5. The molecule has 7 heteroatoms. The molecule has 7 nitrogen and oxygen atoms in total. The first kappa shape index (κ1) is 22.3. The number of urea groups is 1. The van der Waals surface area contributed by atoms with E-state index >= 15 is 0 Å². The average Bonchev–Trinajstić information content (AvgIpc) is 2.93. The summed E-state index contributed by atoms with van der Waals surface area (Å²) in [5.74, 6) is 1.39. The normalized spacial score (nSPS) is 16.9. The van der Waals surface area contributed by atoms with Crippen LogP contribution in [0, 0.1) is 5.92 Å². The molecule has 3 heterocycles. The molecule has 0 unspecified atom stereocenters. The molecule has 0 aliphatic carbocycles. The van der Waals surface area contributed by atoms with E-state index in [-0.39, 0.29) is 6.03 Å². The van der Waals surface area contributed by atoms with Crippen molar-refractivity contribution in [3.05, 3.63) is 66.9 Å². The van der Waals surface area contributed by atoms with Gasteiger partial charge in [-0.25, -0.2) is 9.78 Å². The van der Waals surface area contributed by atoms with Gasteiger partial charge in [0.1, 0.15) is 5.82 Å². The Morgan fingerprint density at radius 2 is 1.50 bits per heavy atom. The maximum atomic E-state index is 12.4. The molecule has 2 aliphatic heterocycles. The molecule has 0 spiro atoms. The van der Waals surface area contributed by atoms with Gasteiger partial charge in [0.25, 0.3) is 0 Å². The summed E-state index contributed by atoms with van der Waals surface area (Å²) in [6.07, 6.45) is 3.94. The number of aromatic nitrogens is 2.